The van der Waals surface area contributed by atoms with Crippen LogP contribution in [0.15, 0.2) is 24.3 Å². The SMILES string of the molecule is Cc1nn(C)c(C)c1[C@@H]1CCCN1C(=O)[C@@H](C)Oc1cccc(F)c1. The molecule has 25 heavy (non-hydrogen) atoms. The molecule has 1 aromatic carbocycles. The van der Waals surface area contributed by atoms with Gasteiger partial charge >= 0.3 is 0 Å². The largest absolute Gasteiger partial charge is 0.481 e. The number of carbonyl (C=O) groups excluding carboxylic acids is 1. The lowest BCUT2D eigenvalue weighted by Gasteiger charge is -2.28. The van der Waals surface area contributed by atoms with E-state index >= 15 is 0 Å². The van der Waals surface area contributed by atoms with Crippen molar-refractivity contribution in [3.05, 3.63) is 47.0 Å². The van der Waals surface area contributed by atoms with Crippen LogP contribution in [0.2, 0.25) is 0 Å². The van der Waals surface area contributed by atoms with E-state index in [9.17, 15) is 9.18 Å². The van der Waals surface area contributed by atoms with Crippen molar-refractivity contribution in [3.63, 3.8) is 0 Å². The maximum Gasteiger partial charge on any atom is 0.263 e. The summed E-state index contributed by atoms with van der Waals surface area (Å²) in [5, 5.41) is 4.48. The summed E-state index contributed by atoms with van der Waals surface area (Å²) in [6.07, 6.45) is 1.21. The first-order chi connectivity index (χ1) is 11.9. The van der Waals surface area contributed by atoms with Crippen LogP contribution < -0.4 is 4.74 Å². The Hall–Kier alpha value is -2.37. The monoisotopic (exact) mass is 345 g/mol. The molecular formula is C19H24FN3O2. The molecule has 6 heteroatoms. The minimum Gasteiger partial charge on any atom is -0.481 e. The van der Waals surface area contributed by atoms with Crippen LogP contribution in [0.3, 0.4) is 0 Å². The van der Waals surface area contributed by atoms with E-state index < -0.39 is 6.10 Å². The Morgan fingerprint density at radius 1 is 1.40 bits per heavy atom. The average molecular weight is 345 g/mol. The number of amides is 1. The van der Waals surface area contributed by atoms with Crippen molar-refractivity contribution >= 4 is 5.91 Å². The van der Waals surface area contributed by atoms with Crippen molar-refractivity contribution in [2.45, 2.75) is 45.8 Å². The summed E-state index contributed by atoms with van der Waals surface area (Å²) in [6, 6.07) is 5.90. The zero-order chi connectivity index (χ0) is 18.1. The van der Waals surface area contributed by atoms with Gasteiger partial charge in [0, 0.05) is 30.9 Å². The Morgan fingerprint density at radius 3 is 2.80 bits per heavy atom. The van der Waals surface area contributed by atoms with Gasteiger partial charge in [-0.2, -0.15) is 5.10 Å². The third-order valence-electron chi connectivity index (χ3n) is 4.89. The number of likely N-dealkylation sites (tertiary alicyclic amines) is 1. The summed E-state index contributed by atoms with van der Waals surface area (Å²) in [6.45, 7) is 6.43. The summed E-state index contributed by atoms with van der Waals surface area (Å²) in [4.78, 5) is 14.8. The molecule has 2 aromatic rings. The molecule has 0 unspecified atom stereocenters. The first-order valence-electron chi connectivity index (χ1n) is 8.61. The van der Waals surface area contributed by atoms with Crippen LogP contribution in [-0.4, -0.2) is 33.2 Å². The van der Waals surface area contributed by atoms with Crippen molar-refractivity contribution in [2.24, 2.45) is 7.05 Å². The Labute approximate surface area is 147 Å². The van der Waals surface area contributed by atoms with Crippen molar-refractivity contribution in [2.75, 3.05) is 6.54 Å². The van der Waals surface area contributed by atoms with E-state index in [1.165, 1.54) is 12.1 Å². The van der Waals surface area contributed by atoms with Gasteiger partial charge in [0.25, 0.3) is 5.91 Å². The van der Waals surface area contributed by atoms with Gasteiger partial charge in [-0.1, -0.05) is 6.07 Å². The molecule has 2 atom stereocenters. The van der Waals surface area contributed by atoms with Crippen LogP contribution in [0.4, 0.5) is 4.39 Å². The fourth-order valence-corrected chi connectivity index (χ4v) is 3.63. The number of nitrogens with zero attached hydrogens (tertiary/aromatic N) is 3. The van der Waals surface area contributed by atoms with Crippen LogP contribution in [-0.2, 0) is 11.8 Å². The third kappa shape index (κ3) is 3.38. The Balaban J connectivity index is 1.78. The number of aromatic nitrogens is 2. The average Bonchev–Trinajstić information content (AvgIpc) is 3.11. The normalized spacial score (nSPS) is 18.4. The Kier molecular flexibility index (Phi) is 4.79. The molecule has 0 aliphatic carbocycles. The second-order valence-electron chi connectivity index (χ2n) is 6.62. The van der Waals surface area contributed by atoms with Gasteiger partial charge in [-0.05, 0) is 45.7 Å². The lowest BCUT2D eigenvalue weighted by atomic mass is 10.0. The van der Waals surface area contributed by atoms with Gasteiger partial charge in [-0.15, -0.1) is 0 Å². The molecule has 1 aliphatic heterocycles. The second-order valence-corrected chi connectivity index (χ2v) is 6.62. The summed E-state index contributed by atoms with van der Waals surface area (Å²) in [7, 11) is 1.92. The zero-order valence-electron chi connectivity index (χ0n) is 15.1. The summed E-state index contributed by atoms with van der Waals surface area (Å²) >= 11 is 0. The smallest absolute Gasteiger partial charge is 0.263 e. The molecule has 0 spiro atoms. The lowest BCUT2D eigenvalue weighted by molar-refractivity contribution is -0.139. The number of aryl methyl sites for hydroxylation is 2. The van der Waals surface area contributed by atoms with Crippen LogP contribution in [0.1, 0.15) is 42.8 Å². The van der Waals surface area contributed by atoms with Gasteiger partial charge in [0.05, 0.1) is 11.7 Å². The van der Waals surface area contributed by atoms with Gasteiger partial charge in [-0.3, -0.25) is 9.48 Å². The minimum atomic E-state index is -0.667. The van der Waals surface area contributed by atoms with Gasteiger partial charge in [0.2, 0.25) is 0 Å². The first-order valence-corrected chi connectivity index (χ1v) is 8.61. The maximum absolute atomic E-state index is 13.3. The Morgan fingerprint density at radius 2 is 2.16 bits per heavy atom. The van der Waals surface area contributed by atoms with E-state index in [1.54, 1.807) is 19.1 Å². The van der Waals surface area contributed by atoms with E-state index in [2.05, 4.69) is 5.10 Å². The molecular weight excluding hydrogens is 321 g/mol. The van der Waals surface area contributed by atoms with E-state index in [1.807, 2.05) is 30.5 Å². The quantitative estimate of drug-likeness (QED) is 0.854. The molecule has 0 saturated carbocycles. The standard InChI is InChI=1S/C19H24FN3O2/c1-12-18(13(2)22(4)21-12)17-9-6-10-23(17)19(24)14(3)25-16-8-5-7-15(20)11-16/h5,7-8,11,14,17H,6,9-10H2,1-4H3/t14-,17+/m1/s1. The molecule has 1 aromatic heterocycles. The highest BCUT2D eigenvalue weighted by molar-refractivity contribution is 5.81. The van der Waals surface area contributed by atoms with Gasteiger partial charge in [0.15, 0.2) is 6.10 Å². The van der Waals surface area contributed by atoms with Crippen molar-refractivity contribution in [1.29, 1.82) is 0 Å². The van der Waals surface area contributed by atoms with E-state index in [0.29, 0.717) is 12.3 Å². The summed E-state index contributed by atoms with van der Waals surface area (Å²) < 4.78 is 20.8. The third-order valence-corrected chi connectivity index (χ3v) is 4.89. The highest BCUT2D eigenvalue weighted by atomic mass is 19.1. The maximum atomic E-state index is 13.3. The molecule has 0 N–H and O–H groups in total. The molecule has 3 rings (SSSR count). The van der Waals surface area contributed by atoms with E-state index in [4.69, 9.17) is 4.74 Å². The number of hydrogen-bond acceptors (Lipinski definition) is 3. The van der Waals surface area contributed by atoms with Gasteiger partial charge in [-0.25, -0.2) is 4.39 Å². The number of rotatable bonds is 4. The summed E-state index contributed by atoms with van der Waals surface area (Å²) in [5.74, 6) is -0.0856. The van der Waals surface area contributed by atoms with Crippen LogP contribution >= 0.6 is 0 Å². The number of hydrogen-bond donors (Lipinski definition) is 0. The Bertz CT molecular complexity index is 787. The van der Waals surface area contributed by atoms with Crippen LogP contribution in [0.5, 0.6) is 5.75 Å². The molecule has 0 bridgehead atoms. The van der Waals surface area contributed by atoms with E-state index in [0.717, 1.165) is 29.8 Å². The first kappa shape index (κ1) is 17.5. The summed E-state index contributed by atoms with van der Waals surface area (Å²) in [5.41, 5.74) is 3.18. The molecule has 5 nitrogen and oxygen atoms in total. The van der Waals surface area contributed by atoms with Crippen molar-refractivity contribution in [3.8, 4) is 5.75 Å². The number of benzene rings is 1. The molecule has 0 radical (unpaired) electrons. The van der Waals surface area contributed by atoms with Crippen LogP contribution in [0, 0.1) is 19.7 Å². The van der Waals surface area contributed by atoms with Crippen LogP contribution in [0.25, 0.3) is 0 Å². The fraction of sp³-hybridized carbons (Fsp3) is 0.474. The topological polar surface area (TPSA) is 47.4 Å². The minimum absolute atomic E-state index is 0.0276. The molecule has 1 amide bonds. The highest BCUT2D eigenvalue weighted by Gasteiger charge is 2.35. The fourth-order valence-electron chi connectivity index (χ4n) is 3.63. The predicted molar refractivity (Wildman–Crippen MR) is 92.9 cm³/mol. The number of carbonyl (C=O) groups is 1. The van der Waals surface area contributed by atoms with Crippen molar-refractivity contribution < 1.29 is 13.9 Å². The number of halogens is 1. The second kappa shape index (κ2) is 6.86. The van der Waals surface area contributed by atoms with Gasteiger partial charge in [0.1, 0.15) is 11.6 Å². The molecule has 1 saturated heterocycles. The number of ether oxygens (including phenoxy) is 1. The highest BCUT2D eigenvalue weighted by Crippen LogP contribution is 2.36. The zero-order valence-corrected chi connectivity index (χ0v) is 15.1. The molecule has 1 aliphatic rings. The molecule has 1 fully saturated rings. The van der Waals surface area contributed by atoms with Gasteiger partial charge < -0.3 is 9.64 Å². The van der Waals surface area contributed by atoms with E-state index in [-0.39, 0.29) is 17.8 Å². The molecule has 134 valence electrons. The van der Waals surface area contributed by atoms with Crippen molar-refractivity contribution in [1.82, 2.24) is 14.7 Å². The lowest BCUT2D eigenvalue weighted by Crippen LogP contribution is -2.40. The predicted octanol–water partition coefficient (Wildman–Crippen LogP) is 3.31. The molecule has 2 heterocycles.